The van der Waals surface area contributed by atoms with E-state index < -0.39 is 0 Å². The number of carbonyl (C=O) groups excluding carboxylic acids is 1. The van der Waals surface area contributed by atoms with E-state index in [0.717, 1.165) is 19.3 Å². The van der Waals surface area contributed by atoms with Crippen LogP contribution in [0.15, 0.2) is 24.8 Å². The summed E-state index contributed by atoms with van der Waals surface area (Å²) >= 11 is 0. The summed E-state index contributed by atoms with van der Waals surface area (Å²) in [5.74, 6) is -0.0890. The van der Waals surface area contributed by atoms with Gasteiger partial charge in [0.15, 0.2) is 0 Å². The van der Waals surface area contributed by atoms with Crippen LogP contribution in [0.5, 0.6) is 0 Å². The highest BCUT2D eigenvalue weighted by Gasteiger charge is 1.99. The summed E-state index contributed by atoms with van der Waals surface area (Å²) in [5.41, 5.74) is 0. The molecule has 0 aliphatic rings. The summed E-state index contributed by atoms with van der Waals surface area (Å²) in [7, 11) is 0. The maximum Gasteiger partial charge on any atom is 0.305 e. The smallest absolute Gasteiger partial charge is 0.305 e. The van der Waals surface area contributed by atoms with Gasteiger partial charge in [0, 0.05) is 6.42 Å². The summed E-state index contributed by atoms with van der Waals surface area (Å²) in [5, 5.41) is 0. The first-order chi connectivity index (χ1) is 6.31. The monoisotopic (exact) mass is 182 g/mol. The van der Waals surface area contributed by atoms with Crippen LogP contribution in [0.3, 0.4) is 0 Å². The Balaban J connectivity index is 3.26. The first-order valence-corrected chi connectivity index (χ1v) is 4.74. The topological polar surface area (TPSA) is 26.3 Å². The second kappa shape index (κ2) is 9.04. The third-order valence-electron chi connectivity index (χ3n) is 1.49. The van der Waals surface area contributed by atoms with Crippen molar-refractivity contribution in [2.45, 2.75) is 32.6 Å². The van der Waals surface area contributed by atoms with E-state index >= 15 is 0 Å². The molecule has 0 aromatic carbocycles. The van der Waals surface area contributed by atoms with E-state index in [2.05, 4.69) is 6.58 Å². The Labute approximate surface area is 80.3 Å². The Kier molecular flexibility index (Phi) is 8.31. The molecular formula is C11H18O2. The van der Waals surface area contributed by atoms with E-state index in [-0.39, 0.29) is 5.97 Å². The quantitative estimate of drug-likeness (QED) is 0.344. The molecule has 0 aliphatic carbocycles. The molecule has 0 aliphatic heterocycles. The lowest BCUT2D eigenvalue weighted by Gasteiger charge is -2.00. The normalized spacial score (nSPS) is 10.2. The standard InChI is InChI=1S/C11H18O2/c1-3-5-6-7-8-9-11(12)13-10-4-2/h3,5-6H,1,4,7-10H2,2H3. The van der Waals surface area contributed by atoms with Crippen molar-refractivity contribution in [1.82, 2.24) is 0 Å². The highest BCUT2D eigenvalue weighted by molar-refractivity contribution is 5.69. The molecule has 0 spiro atoms. The molecular weight excluding hydrogens is 164 g/mol. The largest absolute Gasteiger partial charge is 0.466 e. The highest BCUT2D eigenvalue weighted by Crippen LogP contribution is 1.99. The van der Waals surface area contributed by atoms with Crippen molar-refractivity contribution in [2.75, 3.05) is 6.61 Å². The zero-order chi connectivity index (χ0) is 9.94. The van der Waals surface area contributed by atoms with Crippen molar-refractivity contribution in [3.8, 4) is 0 Å². The Hall–Kier alpha value is -1.05. The Bertz CT molecular complexity index is 171. The number of allylic oxidation sites excluding steroid dienone is 3. The molecule has 0 aromatic rings. The van der Waals surface area contributed by atoms with Crippen molar-refractivity contribution < 1.29 is 9.53 Å². The number of hydrogen-bond acceptors (Lipinski definition) is 2. The molecule has 0 saturated carbocycles. The number of unbranched alkanes of at least 4 members (excludes halogenated alkanes) is 1. The molecule has 0 amide bonds. The number of hydrogen-bond donors (Lipinski definition) is 0. The van der Waals surface area contributed by atoms with Crippen LogP contribution in [0.2, 0.25) is 0 Å². The number of ether oxygens (including phenoxy) is 1. The first-order valence-electron chi connectivity index (χ1n) is 4.74. The predicted molar refractivity (Wildman–Crippen MR) is 54.4 cm³/mol. The van der Waals surface area contributed by atoms with Gasteiger partial charge in [0.1, 0.15) is 0 Å². The van der Waals surface area contributed by atoms with Gasteiger partial charge in [-0.2, -0.15) is 0 Å². The Morgan fingerprint density at radius 1 is 1.54 bits per heavy atom. The fourth-order valence-corrected chi connectivity index (χ4v) is 0.845. The van der Waals surface area contributed by atoms with Crippen LogP contribution in [0, 0.1) is 0 Å². The molecule has 0 heterocycles. The molecule has 0 atom stereocenters. The molecule has 0 radical (unpaired) electrons. The maximum absolute atomic E-state index is 11.0. The molecule has 0 unspecified atom stereocenters. The van der Waals surface area contributed by atoms with E-state index in [4.69, 9.17) is 4.74 Å². The van der Waals surface area contributed by atoms with Crippen molar-refractivity contribution in [1.29, 1.82) is 0 Å². The summed E-state index contributed by atoms with van der Waals surface area (Å²) in [4.78, 5) is 11.0. The van der Waals surface area contributed by atoms with Gasteiger partial charge in [0.05, 0.1) is 6.61 Å². The van der Waals surface area contributed by atoms with Gasteiger partial charge in [-0.3, -0.25) is 4.79 Å². The number of rotatable bonds is 7. The zero-order valence-corrected chi connectivity index (χ0v) is 8.29. The van der Waals surface area contributed by atoms with Crippen molar-refractivity contribution in [3.63, 3.8) is 0 Å². The SMILES string of the molecule is C=CC=CCCCC(=O)OCCC. The van der Waals surface area contributed by atoms with Gasteiger partial charge in [0.2, 0.25) is 0 Å². The summed E-state index contributed by atoms with van der Waals surface area (Å²) in [6.07, 6.45) is 8.79. The highest BCUT2D eigenvalue weighted by atomic mass is 16.5. The lowest BCUT2D eigenvalue weighted by atomic mass is 10.2. The van der Waals surface area contributed by atoms with Crippen LogP contribution in [-0.2, 0) is 9.53 Å². The average molecular weight is 182 g/mol. The van der Waals surface area contributed by atoms with Gasteiger partial charge >= 0.3 is 5.97 Å². The maximum atomic E-state index is 11.0. The zero-order valence-electron chi connectivity index (χ0n) is 8.29. The molecule has 0 bridgehead atoms. The Morgan fingerprint density at radius 2 is 2.31 bits per heavy atom. The van der Waals surface area contributed by atoms with Crippen LogP contribution in [-0.4, -0.2) is 12.6 Å². The molecule has 2 nitrogen and oxygen atoms in total. The second-order valence-electron chi connectivity index (χ2n) is 2.78. The van der Waals surface area contributed by atoms with E-state index in [1.807, 2.05) is 19.1 Å². The molecule has 13 heavy (non-hydrogen) atoms. The van der Waals surface area contributed by atoms with Gasteiger partial charge in [-0.15, -0.1) is 0 Å². The fraction of sp³-hybridized carbons (Fsp3) is 0.545. The first kappa shape index (κ1) is 11.9. The van der Waals surface area contributed by atoms with Crippen molar-refractivity contribution in [3.05, 3.63) is 24.8 Å². The molecule has 0 fully saturated rings. The van der Waals surface area contributed by atoms with E-state index in [9.17, 15) is 4.79 Å². The summed E-state index contributed by atoms with van der Waals surface area (Å²) in [6, 6.07) is 0. The number of esters is 1. The minimum atomic E-state index is -0.0890. The van der Waals surface area contributed by atoms with Crippen LogP contribution in [0.4, 0.5) is 0 Å². The Morgan fingerprint density at radius 3 is 2.92 bits per heavy atom. The average Bonchev–Trinajstić information content (AvgIpc) is 2.14. The fourth-order valence-electron chi connectivity index (χ4n) is 0.845. The van der Waals surface area contributed by atoms with E-state index in [0.29, 0.717) is 13.0 Å². The van der Waals surface area contributed by atoms with Crippen LogP contribution in [0.25, 0.3) is 0 Å². The van der Waals surface area contributed by atoms with Crippen LogP contribution in [0.1, 0.15) is 32.6 Å². The lowest BCUT2D eigenvalue weighted by Crippen LogP contribution is -2.04. The van der Waals surface area contributed by atoms with Crippen LogP contribution >= 0.6 is 0 Å². The minimum Gasteiger partial charge on any atom is -0.466 e. The van der Waals surface area contributed by atoms with Gasteiger partial charge in [-0.05, 0) is 19.3 Å². The third kappa shape index (κ3) is 8.86. The third-order valence-corrected chi connectivity index (χ3v) is 1.49. The van der Waals surface area contributed by atoms with Gasteiger partial charge < -0.3 is 4.74 Å². The lowest BCUT2D eigenvalue weighted by molar-refractivity contribution is -0.143. The predicted octanol–water partition coefficient (Wildman–Crippen LogP) is 2.85. The van der Waals surface area contributed by atoms with Crippen molar-refractivity contribution in [2.24, 2.45) is 0 Å². The molecule has 0 saturated heterocycles. The van der Waals surface area contributed by atoms with Gasteiger partial charge in [-0.1, -0.05) is 31.7 Å². The molecule has 0 aromatic heterocycles. The van der Waals surface area contributed by atoms with Gasteiger partial charge in [0.25, 0.3) is 0 Å². The van der Waals surface area contributed by atoms with E-state index in [1.165, 1.54) is 0 Å². The molecule has 74 valence electrons. The minimum absolute atomic E-state index is 0.0890. The number of carbonyl (C=O) groups is 1. The van der Waals surface area contributed by atoms with Crippen LogP contribution < -0.4 is 0 Å². The van der Waals surface area contributed by atoms with Crippen molar-refractivity contribution >= 4 is 5.97 Å². The van der Waals surface area contributed by atoms with Gasteiger partial charge in [-0.25, -0.2) is 0 Å². The van der Waals surface area contributed by atoms with E-state index in [1.54, 1.807) is 6.08 Å². The summed E-state index contributed by atoms with van der Waals surface area (Å²) in [6.45, 7) is 6.08. The summed E-state index contributed by atoms with van der Waals surface area (Å²) < 4.78 is 4.91. The molecule has 2 heteroatoms. The second-order valence-corrected chi connectivity index (χ2v) is 2.78. The molecule has 0 rings (SSSR count). The molecule has 0 N–H and O–H groups in total.